The molecule has 0 radical (unpaired) electrons. The standard InChI is InChI=1S/C13H15N5O2/c1-10-7-12(17-20-10)13(19)16-11-8-15-18(9-11)6-4-2-3-5-14/h7-9H,2-4,6H2,1H3,(H,16,19). The van der Waals surface area contributed by atoms with Crippen molar-refractivity contribution in [1.82, 2.24) is 14.9 Å². The van der Waals surface area contributed by atoms with Crippen LogP contribution in [0.4, 0.5) is 5.69 Å². The molecule has 7 nitrogen and oxygen atoms in total. The van der Waals surface area contributed by atoms with Gasteiger partial charge in [-0.2, -0.15) is 10.4 Å². The molecule has 0 spiro atoms. The van der Waals surface area contributed by atoms with Crippen molar-refractivity contribution in [2.24, 2.45) is 0 Å². The highest BCUT2D eigenvalue weighted by Gasteiger charge is 2.11. The SMILES string of the molecule is Cc1cc(C(=O)Nc2cnn(CCCCC#N)c2)no1. The number of hydrogen-bond acceptors (Lipinski definition) is 5. The van der Waals surface area contributed by atoms with E-state index in [1.807, 2.05) is 0 Å². The predicted molar refractivity (Wildman–Crippen MR) is 70.9 cm³/mol. The first-order valence-electron chi connectivity index (χ1n) is 6.33. The zero-order valence-electron chi connectivity index (χ0n) is 11.2. The fourth-order valence-corrected chi connectivity index (χ4v) is 1.70. The van der Waals surface area contributed by atoms with Crippen LogP contribution in [0.15, 0.2) is 23.0 Å². The predicted octanol–water partition coefficient (Wildman–Crippen LogP) is 2.13. The van der Waals surface area contributed by atoms with Crippen LogP contribution in [-0.2, 0) is 6.54 Å². The molecule has 2 aromatic heterocycles. The third kappa shape index (κ3) is 3.68. The van der Waals surface area contributed by atoms with E-state index in [-0.39, 0.29) is 11.6 Å². The van der Waals surface area contributed by atoms with Gasteiger partial charge in [0.2, 0.25) is 0 Å². The van der Waals surface area contributed by atoms with Gasteiger partial charge < -0.3 is 9.84 Å². The van der Waals surface area contributed by atoms with Gasteiger partial charge in [0, 0.05) is 25.2 Å². The molecule has 7 heteroatoms. The maximum Gasteiger partial charge on any atom is 0.277 e. The van der Waals surface area contributed by atoms with Crippen LogP contribution in [0.3, 0.4) is 0 Å². The molecule has 0 saturated carbocycles. The highest BCUT2D eigenvalue weighted by atomic mass is 16.5. The quantitative estimate of drug-likeness (QED) is 0.813. The lowest BCUT2D eigenvalue weighted by atomic mass is 10.2. The first kappa shape index (κ1) is 13.8. The van der Waals surface area contributed by atoms with Crippen molar-refractivity contribution in [1.29, 1.82) is 5.26 Å². The Balaban J connectivity index is 1.86. The van der Waals surface area contributed by atoms with Crippen LogP contribution in [0.2, 0.25) is 0 Å². The van der Waals surface area contributed by atoms with E-state index in [9.17, 15) is 4.79 Å². The summed E-state index contributed by atoms with van der Waals surface area (Å²) < 4.78 is 6.58. The van der Waals surface area contributed by atoms with Gasteiger partial charge in [-0.15, -0.1) is 0 Å². The molecule has 1 N–H and O–H groups in total. The first-order valence-corrected chi connectivity index (χ1v) is 6.33. The second-order valence-electron chi connectivity index (χ2n) is 4.38. The summed E-state index contributed by atoms with van der Waals surface area (Å²) >= 11 is 0. The molecule has 0 aliphatic rings. The molecular formula is C13H15N5O2. The summed E-state index contributed by atoms with van der Waals surface area (Å²) in [5.41, 5.74) is 0.847. The minimum absolute atomic E-state index is 0.240. The van der Waals surface area contributed by atoms with Crippen LogP contribution < -0.4 is 5.32 Å². The average molecular weight is 273 g/mol. The lowest BCUT2D eigenvalue weighted by molar-refractivity contribution is 0.101. The van der Waals surface area contributed by atoms with Gasteiger partial charge in [-0.3, -0.25) is 9.48 Å². The summed E-state index contributed by atoms with van der Waals surface area (Å²) in [7, 11) is 0. The van der Waals surface area contributed by atoms with Crippen molar-refractivity contribution in [2.45, 2.75) is 32.7 Å². The van der Waals surface area contributed by atoms with Gasteiger partial charge in [0.1, 0.15) is 5.76 Å². The highest BCUT2D eigenvalue weighted by Crippen LogP contribution is 2.09. The number of carbonyl (C=O) groups excluding carboxylic acids is 1. The summed E-state index contributed by atoms with van der Waals surface area (Å²) in [6.07, 6.45) is 5.60. The van der Waals surface area contributed by atoms with Crippen molar-refractivity contribution in [3.05, 3.63) is 29.9 Å². The molecule has 20 heavy (non-hydrogen) atoms. The number of rotatable bonds is 6. The first-order chi connectivity index (χ1) is 9.69. The Kier molecular flexibility index (Phi) is 4.50. The topological polar surface area (TPSA) is 96.7 Å². The maximum absolute atomic E-state index is 11.8. The Morgan fingerprint density at radius 3 is 3.10 bits per heavy atom. The minimum Gasteiger partial charge on any atom is -0.361 e. The van der Waals surface area contributed by atoms with Crippen molar-refractivity contribution >= 4 is 11.6 Å². The Bertz CT molecular complexity index is 623. The molecule has 0 aromatic carbocycles. The third-order valence-electron chi connectivity index (χ3n) is 2.68. The summed E-state index contributed by atoms with van der Waals surface area (Å²) in [5.74, 6) is 0.259. The monoisotopic (exact) mass is 273 g/mol. The lowest BCUT2D eigenvalue weighted by Crippen LogP contribution is -2.11. The fourth-order valence-electron chi connectivity index (χ4n) is 1.70. The van der Waals surface area contributed by atoms with Crippen LogP contribution in [0, 0.1) is 18.3 Å². The van der Waals surface area contributed by atoms with Gasteiger partial charge in [0.25, 0.3) is 5.91 Å². The van der Waals surface area contributed by atoms with E-state index < -0.39 is 0 Å². The number of hydrogen-bond donors (Lipinski definition) is 1. The smallest absolute Gasteiger partial charge is 0.277 e. The summed E-state index contributed by atoms with van der Waals surface area (Å²) in [6, 6.07) is 3.67. The molecule has 0 fully saturated rings. The Morgan fingerprint density at radius 2 is 2.40 bits per heavy atom. The van der Waals surface area contributed by atoms with Gasteiger partial charge in [-0.05, 0) is 19.8 Å². The molecule has 0 bridgehead atoms. The molecule has 0 unspecified atom stereocenters. The molecule has 2 rings (SSSR count). The van der Waals surface area contributed by atoms with Gasteiger partial charge in [-0.1, -0.05) is 5.16 Å². The summed E-state index contributed by atoms with van der Waals surface area (Å²) in [5, 5.41) is 18.9. The number of carbonyl (C=O) groups is 1. The lowest BCUT2D eigenvalue weighted by Gasteiger charge is -1.99. The van der Waals surface area contributed by atoms with Gasteiger partial charge in [0.05, 0.1) is 18.0 Å². The number of amides is 1. The van der Waals surface area contributed by atoms with Crippen LogP contribution in [0.5, 0.6) is 0 Å². The Labute approximate surface area is 116 Å². The molecule has 0 aliphatic carbocycles. The minimum atomic E-state index is -0.328. The average Bonchev–Trinajstić information content (AvgIpc) is 3.04. The zero-order chi connectivity index (χ0) is 14.4. The molecule has 2 heterocycles. The normalized spacial score (nSPS) is 10.2. The summed E-state index contributed by atoms with van der Waals surface area (Å²) in [6.45, 7) is 2.45. The Hall–Kier alpha value is -2.62. The van der Waals surface area contributed by atoms with E-state index in [0.717, 1.165) is 19.4 Å². The maximum atomic E-state index is 11.8. The van der Waals surface area contributed by atoms with E-state index in [1.165, 1.54) is 0 Å². The summed E-state index contributed by atoms with van der Waals surface area (Å²) in [4.78, 5) is 11.8. The number of aromatic nitrogens is 3. The molecular weight excluding hydrogens is 258 g/mol. The number of aryl methyl sites for hydroxylation is 2. The van der Waals surface area contributed by atoms with E-state index in [2.05, 4.69) is 21.6 Å². The van der Waals surface area contributed by atoms with Crippen molar-refractivity contribution in [2.75, 3.05) is 5.32 Å². The molecule has 2 aromatic rings. The van der Waals surface area contributed by atoms with E-state index in [1.54, 1.807) is 30.1 Å². The van der Waals surface area contributed by atoms with E-state index >= 15 is 0 Å². The van der Waals surface area contributed by atoms with Crippen LogP contribution in [0.25, 0.3) is 0 Å². The van der Waals surface area contributed by atoms with Crippen LogP contribution in [-0.4, -0.2) is 20.8 Å². The highest BCUT2D eigenvalue weighted by molar-refractivity contribution is 6.02. The molecule has 0 aliphatic heterocycles. The van der Waals surface area contributed by atoms with Gasteiger partial charge >= 0.3 is 0 Å². The van der Waals surface area contributed by atoms with Gasteiger partial charge in [-0.25, -0.2) is 0 Å². The van der Waals surface area contributed by atoms with Crippen molar-refractivity contribution < 1.29 is 9.32 Å². The third-order valence-corrected chi connectivity index (χ3v) is 2.68. The second kappa shape index (κ2) is 6.52. The zero-order valence-corrected chi connectivity index (χ0v) is 11.2. The van der Waals surface area contributed by atoms with Gasteiger partial charge in [0.15, 0.2) is 5.69 Å². The van der Waals surface area contributed by atoms with E-state index in [0.29, 0.717) is 17.9 Å². The molecule has 0 saturated heterocycles. The number of anilines is 1. The van der Waals surface area contributed by atoms with Crippen LogP contribution >= 0.6 is 0 Å². The molecule has 104 valence electrons. The molecule has 0 atom stereocenters. The fraction of sp³-hybridized carbons (Fsp3) is 0.385. The van der Waals surface area contributed by atoms with Crippen LogP contribution in [0.1, 0.15) is 35.5 Å². The number of nitriles is 1. The van der Waals surface area contributed by atoms with E-state index in [4.69, 9.17) is 9.78 Å². The van der Waals surface area contributed by atoms with Crippen molar-refractivity contribution in [3.8, 4) is 6.07 Å². The number of nitrogens with zero attached hydrogens (tertiary/aromatic N) is 4. The Morgan fingerprint density at radius 1 is 1.55 bits per heavy atom. The van der Waals surface area contributed by atoms with Crippen molar-refractivity contribution in [3.63, 3.8) is 0 Å². The number of nitrogens with one attached hydrogen (secondary N) is 1. The number of unbranched alkanes of at least 4 members (excludes halogenated alkanes) is 2. The second-order valence-corrected chi connectivity index (χ2v) is 4.38. The largest absolute Gasteiger partial charge is 0.361 e. The molecule has 1 amide bonds.